The molecule has 0 spiro atoms. The Morgan fingerprint density at radius 1 is 1.29 bits per heavy atom. The minimum absolute atomic E-state index is 0.233. The molecule has 2 aromatic rings. The summed E-state index contributed by atoms with van der Waals surface area (Å²) < 4.78 is 0. The van der Waals surface area contributed by atoms with Gasteiger partial charge in [0.15, 0.2) is 0 Å². The van der Waals surface area contributed by atoms with Gasteiger partial charge in [0.25, 0.3) is 0 Å². The molecule has 1 aliphatic rings. The normalized spacial score (nSPS) is 20.1. The molecule has 1 aromatic heterocycles. The lowest BCUT2D eigenvalue weighted by molar-refractivity contribution is 0.266. The molecule has 1 fully saturated rings. The van der Waals surface area contributed by atoms with E-state index in [1.54, 1.807) is 0 Å². The van der Waals surface area contributed by atoms with Gasteiger partial charge in [-0.3, -0.25) is 4.98 Å². The van der Waals surface area contributed by atoms with E-state index in [0.717, 1.165) is 24.9 Å². The van der Waals surface area contributed by atoms with Crippen LogP contribution in [0.25, 0.3) is 10.9 Å². The van der Waals surface area contributed by atoms with Crippen molar-refractivity contribution >= 4 is 16.6 Å². The van der Waals surface area contributed by atoms with Crippen molar-refractivity contribution in [1.29, 1.82) is 0 Å². The van der Waals surface area contributed by atoms with Crippen molar-refractivity contribution in [1.82, 2.24) is 4.98 Å². The van der Waals surface area contributed by atoms with Gasteiger partial charge in [0.1, 0.15) is 0 Å². The second kappa shape index (κ2) is 4.34. The van der Waals surface area contributed by atoms with E-state index in [4.69, 9.17) is 0 Å². The minimum Gasteiger partial charge on any atom is -0.394 e. The van der Waals surface area contributed by atoms with Gasteiger partial charge in [0.2, 0.25) is 0 Å². The number of pyridine rings is 1. The molecule has 1 N–H and O–H groups in total. The number of hydrogen-bond acceptors (Lipinski definition) is 3. The number of aliphatic hydroxyl groups is 1. The zero-order chi connectivity index (χ0) is 11.7. The molecule has 1 atom stereocenters. The summed E-state index contributed by atoms with van der Waals surface area (Å²) in [6.45, 7) is 1.26. The second-order valence-electron chi connectivity index (χ2n) is 4.52. The lowest BCUT2D eigenvalue weighted by Gasteiger charge is -2.26. The monoisotopic (exact) mass is 228 g/mol. The lowest BCUT2D eigenvalue weighted by atomic mass is 10.1. The first-order valence-electron chi connectivity index (χ1n) is 6.11. The van der Waals surface area contributed by atoms with Crippen LogP contribution in [-0.2, 0) is 0 Å². The fourth-order valence-corrected chi connectivity index (χ4v) is 2.67. The summed E-state index contributed by atoms with van der Waals surface area (Å²) in [6, 6.07) is 10.5. The molecule has 0 aliphatic carbocycles. The highest BCUT2D eigenvalue weighted by Gasteiger charge is 2.24. The molecule has 3 rings (SSSR count). The molecule has 2 heterocycles. The highest BCUT2D eigenvalue weighted by molar-refractivity contribution is 5.91. The molecule has 0 radical (unpaired) electrons. The standard InChI is InChI=1S/C14H16N2O/c17-10-11-4-3-9-16(11)14-7-8-15-13-6-2-1-5-12(13)14/h1-2,5-8,11,17H,3-4,9-10H2/t11-/m0/s1. The molecule has 0 amide bonds. The maximum atomic E-state index is 9.41. The fraction of sp³-hybridized carbons (Fsp3) is 0.357. The minimum atomic E-state index is 0.233. The molecular weight excluding hydrogens is 212 g/mol. The lowest BCUT2D eigenvalue weighted by Crippen LogP contribution is -2.32. The van der Waals surface area contributed by atoms with Crippen LogP contribution in [-0.4, -0.2) is 29.3 Å². The van der Waals surface area contributed by atoms with Gasteiger partial charge in [-0.05, 0) is 25.0 Å². The van der Waals surface area contributed by atoms with E-state index in [2.05, 4.69) is 22.0 Å². The first-order chi connectivity index (χ1) is 8.40. The van der Waals surface area contributed by atoms with Gasteiger partial charge in [-0.25, -0.2) is 0 Å². The van der Waals surface area contributed by atoms with Gasteiger partial charge in [-0.1, -0.05) is 18.2 Å². The number of aromatic nitrogens is 1. The largest absolute Gasteiger partial charge is 0.394 e. The molecule has 3 heteroatoms. The van der Waals surface area contributed by atoms with E-state index in [9.17, 15) is 5.11 Å². The third-order valence-electron chi connectivity index (χ3n) is 3.52. The van der Waals surface area contributed by atoms with E-state index in [1.807, 2.05) is 24.4 Å². The van der Waals surface area contributed by atoms with E-state index >= 15 is 0 Å². The summed E-state index contributed by atoms with van der Waals surface area (Å²) >= 11 is 0. The summed E-state index contributed by atoms with van der Waals surface area (Å²) in [7, 11) is 0. The Bertz CT molecular complexity index is 521. The Kier molecular flexibility index (Phi) is 2.69. The van der Waals surface area contributed by atoms with Crippen LogP contribution in [0.5, 0.6) is 0 Å². The average Bonchev–Trinajstić information content (AvgIpc) is 2.86. The van der Waals surface area contributed by atoms with Crippen molar-refractivity contribution in [2.24, 2.45) is 0 Å². The van der Waals surface area contributed by atoms with Gasteiger partial charge >= 0.3 is 0 Å². The maximum absolute atomic E-state index is 9.41. The molecule has 17 heavy (non-hydrogen) atoms. The van der Waals surface area contributed by atoms with Crippen LogP contribution in [0.3, 0.4) is 0 Å². The maximum Gasteiger partial charge on any atom is 0.0722 e. The van der Waals surface area contributed by atoms with Gasteiger partial charge in [0.05, 0.1) is 18.2 Å². The average molecular weight is 228 g/mol. The third-order valence-corrected chi connectivity index (χ3v) is 3.52. The van der Waals surface area contributed by atoms with Crippen molar-refractivity contribution in [3.63, 3.8) is 0 Å². The fourth-order valence-electron chi connectivity index (χ4n) is 2.67. The summed E-state index contributed by atoms with van der Waals surface area (Å²) in [5.41, 5.74) is 2.22. The van der Waals surface area contributed by atoms with Gasteiger partial charge in [-0.2, -0.15) is 0 Å². The highest BCUT2D eigenvalue weighted by atomic mass is 16.3. The number of rotatable bonds is 2. The summed E-state index contributed by atoms with van der Waals surface area (Å²) in [4.78, 5) is 6.68. The third kappa shape index (κ3) is 1.76. The Hall–Kier alpha value is -1.61. The Balaban J connectivity index is 2.10. The van der Waals surface area contributed by atoms with Gasteiger partial charge in [-0.15, -0.1) is 0 Å². The second-order valence-corrected chi connectivity index (χ2v) is 4.52. The number of anilines is 1. The quantitative estimate of drug-likeness (QED) is 0.856. The number of para-hydroxylation sites is 1. The number of benzene rings is 1. The molecule has 0 saturated carbocycles. The van der Waals surface area contributed by atoms with Crippen LogP contribution in [0.2, 0.25) is 0 Å². The highest BCUT2D eigenvalue weighted by Crippen LogP contribution is 2.30. The molecule has 1 aliphatic heterocycles. The summed E-state index contributed by atoms with van der Waals surface area (Å²) in [5, 5.41) is 10.6. The topological polar surface area (TPSA) is 36.4 Å². The molecule has 1 saturated heterocycles. The zero-order valence-corrected chi connectivity index (χ0v) is 9.71. The van der Waals surface area contributed by atoms with Crippen molar-refractivity contribution < 1.29 is 5.11 Å². The van der Waals surface area contributed by atoms with Crippen LogP contribution < -0.4 is 4.90 Å². The Morgan fingerprint density at radius 3 is 3.06 bits per heavy atom. The van der Waals surface area contributed by atoms with Crippen molar-refractivity contribution in [3.05, 3.63) is 36.5 Å². The predicted octanol–water partition coefficient (Wildman–Crippen LogP) is 2.20. The molecule has 0 bridgehead atoms. The zero-order valence-electron chi connectivity index (χ0n) is 9.71. The van der Waals surface area contributed by atoms with Crippen LogP contribution in [0.1, 0.15) is 12.8 Å². The molecule has 88 valence electrons. The first-order valence-corrected chi connectivity index (χ1v) is 6.11. The van der Waals surface area contributed by atoms with Crippen molar-refractivity contribution in [2.45, 2.75) is 18.9 Å². The molecule has 0 unspecified atom stereocenters. The van der Waals surface area contributed by atoms with Crippen LogP contribution >= 0.6 is 0 Å². The predicted molar refractivity (Wildman–Crippen MR) is 69.2 cm³/mol. The molecule has 3 nitrogen and oxygen atoms in total. The number of aliphatic hydroxyl groups excluding tert-OH is 1. The van der Waals surface area contributed by atoms with E-state index in [0.29, 0.717) is 0 Å². The SMILES string of the molecule is OC[C@@H]1CCCN1c1ccnc2ccccc12. The smallest absolute Gasteiger partial charge is 0.0722 e. The van der Waals surface area contributed by atoms with E-state index in [1.165, 1.54) is 11.1 Å². The Morgan fingerprint density at radius 2 is 2.18 bits per heavy atom. The van der Waals surface area contributed by atoms with Crippen molar-refractivity contribution in [2.75, 3.05) is 18.1 Å². The molecular formula is C14H16N2O. The van der Waals surface area contributed by atoms with Crippen LogP contribution in [0.15, 0.2) is 36.5 Å². The van der Waals surface area contributed by atoms with E-state index in [-0.39, 0.29) is 12.6 Å². The Labute approximate surface area is 101 Å². The number of nitrogens with zero attached hydrogens (tertiary/aromatic N) is 2. The van der Waals surface area contributed by atoms with Gasteiger partial charge in [0, 0.05) is 23.8 Å². The molecule has 1 aromatic carbocycles. The first kappa shape index (κ1) is 10.5. The van der Waals surface area contributed by atoms with Crippen LogP contribution in [0.4, 0.5) is 5.69 Å². The van der Waals surface area contributed by atoms with Crippen LogP contribution in [0, 0.1) is 0 Å². The summed E-state index contributed by atoms with van der Waals surface area (Å²) in [6.07, 6.45) is 4.08. The van der Waals surface area contributed by atoms with E-state index < -0.39 is 0 Å². The number of fused-ring (bicyclic) bond motifs is 1. The summed E-state index contributed by atoms with van der Waals surface area (Å²) in [5.74, 6) is 0. The van der Waals surface area contributed by atoms with Crippen molar-refractivity contribution in [3.8, 4) is 0 Å². The number of hydrogen-bond donors (Lipinski definition) is 1. The van der Waals surface area contributed by atoms with Gasteiger partial charge < -0.3 is 10.0 Å².